The van der Waals surface area contributed by atoms with Crippen LogP contribution in [0.5, 0.6) is 0 Å². The molecule has 0 aliphatic carbocycles. The summed E-state index contributed by atoms with van der Waals surface area (Å²) in [6.45, 7) is 1.93. The van der Waals surface area contributed by atoms with Crippen molar-refractivity contribution in [2.45, 2.75) is 19.3 Å². The van der Waals surface area contributed by atoms with E-state index in [1.165, 1.54) is 0 Å². The summed E-state index contributed by atoms with van der Waals surface area (Å²) in [6.07, 6.45) is 0.645. The molecule has 22 heavy (non-hydrogen) atoms. The van der Waals surface area contributed by atoms with Gasteiger partial charge in [0.1, 0.15) is 0 Å². The van der Waals surface area contributed by atoms with Crippen molar-refractivity contribution in [2.24, 2.45) is 0 Å². The average molecular weight is 317 g/mol. The maximum atomic E-state index is 12.2. The van der Waals surface area contributed by atoms with E-state index < -0.39 is 0 Å². The van der Waals surface area contributed by atoms with E-state index >= 15 is 0 Å². The van der Waals surface area contributed by atoms with Crippen LogP contribution < -0.4 is 10.9 Å². The molecule has 0 saturated carbocycles. The lowest BCUT2D eigenvalue weighted by Gasteiger charge is -2.15. The van der Waals surface area contributed by atoms with Gasteiger partial charge in [-0.25, -0.2) is 0 Å². The Hall–Kier alpha value is -2.33. The van der Waals surface area contributed by atoms with Crippen LogP contribution in [0.3, 0.4) is 0 Å². The van der Waals surface area contributed by atoms with Crippen LogP contribution in [-0.2, 0) is 4.79 Å². The molecule has 0 bridgehead atoms. The summed E-state index contributed by atoms with van der Waals surface area (Å²) in [5.41, 5.74) is 6.24. The first-order chi connectivity index (χ1) is 10.6. The predicted octanol–water partition coefficient (Wildman–Crippen LogP) is 3.29. The number of halogens is 1. The molecule has 1 atom stereocenters. The Bertz CT molecular complexity index is 641. The number of amides is 2. The van der Waals surface area contributed by atoms with Crippen LogP contribution in [0.1, 0.15) is 35.2 Å². The van der Waals surface area contributed by atoms with Crippen molar-refractivity contribution in [3.8, 4) is 0 Å². The van der Waals surface area contributed by atoms with E-state index in [-0.39, 0.29) is 17.7 Å². The number of benzene rings is 2. The second kappa shape index (κ2) is 7.61. The van der Waals surface area contributed by atoms with Crippen LogP contribution in [0.4, 0.5) is 0 Å². The Morgan fingerprint density at radius 1 is 1.00 bits per heavy atom. The molecule has 0 spiro atoms. The molecular formula is C17H17ClN2O2. The van der Waals surface area contributed by atoms with Gasteiger partial charge >= 0.3 is 0 Å². The smallest absolute Gasteiger partial charge is 0.269 e. The molecule has 5 heteroatoms. The Morgan fingerprint density at radius 2 is 1.64 bits per heavy atom. The average Bonchev–Trinajstić information content (AvgIpc) is 2.55. The SMILES string of the molecule is CCC(C(=O)NNC(=O)c1ccc(Cl)cc1)c1ccccc1. The molecular weight excluding hydrogens is 300 g/mol. The van der Waals surface area contributed by atoms with Gasteiger partial charge in [0, 0.05) is 10.6 Å². The third-order valence-corrected chi connectivity index (χ3v) is 3.58. The van der Waals surface area contributed by atoms with Crippen LogP contribution >= 0.6 is 11.6 Å². The highest BCUT2D eigenvalue weighted by molar-refractivity contribution is 6.30. The van der Waals surface area contributed by atoms with Crippen LogP contribution in [-0.4, -0.2) is 11.8 Å². The topological polar surface area (TPSA) is 58.2 Å². The Kier molecular flexibility index (Phi) is 5.55. The van der Waals surface area contributed by atoms with E-state index in [1.54, 1.807) is 24.3 Å². The number of carbonyl (C=O) groups is 2. The minimum absolute atomic E-state index is 0.240. The zero-order valence-electron chi connectivity index (χ0n) is 12.2. The van der Waals surface area contributed by atoms with Crippen molar-refractivity contribution in [3.63, 3.8) is 0 Å². The van der Waals surface area contributed by atoms with Gasteiger partial charge in [-0.2, -0.15) is 0 Å². The zero-order valence-corrected chi connectivity index (χ0v) is 12.9. The highest BCUT2D eigenvalue weighted by atomic mass is 35.5. The summed E-state index contributed by atoms with van der Waals surface area (Å²) >= 11 is 5.77. The van der Waals surface area contributed by atoms with Gasteiger partial charge in [-0.05, 0) is 36.2 Å². The van der Waals surface area contributed by atoms with Gasteiger partial charge in [0.25, 0.3) is 5.91 Å². The fourth-order valence-electron chi connectivity index (χ4n) is 2.14. The third kappa shape index (κ3) is 4.09. The Morgan fingerprint density at radius 3 is 2.23 bits per heavy atom. The van der Waals surface area contributed by atoms with E-state index in [0.717, 1.165) is 5.56 Å². The fourth-order valence-corrected chi connectivity index (χ4v) is 2.26. The van der Waals surface area contributed by atoms with E-state index in [9.17, 15) is 9.59 Å². The van der Waals surface area contributed by atoms with Crippen molar-refractivity contribution < 1.29 is 9.59 Å². The number of carbonyl (C=O) groups excluding carboxylic acids is 2. The lowest BCUT2D eigenvalue weighted by atomic mass is 9.96. The quantitative estimate of drug-likeness (QED) is 0.850. The molecule has 2 N–H and O–H groups in total. The highest BCUT2D eigenvalue weighted by Gasteiger charge is 2.19. The summed E-state index contributed by atoms with van der Waals surface area (Å²) in [6, 6.07) is 15.9. The molecule has 114 valence electrons. The molecule has 0 fully saturated rings. The van der Waals surface area contributed by atoms with Gasteiger partial charge in [0.05, 0.1) is 5.92 Å². The molecule has 1 unspecified atom stereocenters. The molecule has 2 rings (SSSR count). The maximum absolute atomic E-state index is 12.2. The minimum Gasteiger partial charge on any atom is -0.273 e. The predicted molar refractivity (Wildman–Crippen MR) is 86.5 cm³/mol. The first-order valence-electron chi connectivity index (χ1n) is 7.02. The molecule has 2 amide bonds. The van der Waals surface area contributed by atoms with Crippen molar-refractivity contribution in [2.75, 3.05) is 0 Å². The number of hydrazine groups is 1. The van der Waals surface area contributed by atoms with E-state index in [0.29, 0.717) is 17.0 Å². The second-order valence-electron chi connectivity index (χ2n) is 4.82. The van der Waals surface area contributed by atoms with Crippen LogP contribution in [0.2, 0.25) is 5.02 Å². The first-order valence-corrected chi connectivity index (χ1v) is 7.40. The summed E-state index contributed by atoms with van der Waals surface area (Å²) in [5.74, 6) is -0.921. The van der Waals surface area contributed by atoms with Gasteiger partial charge in [-0.1, -0.05) is 48.9 Å². The van der Waals surface area contributed by atoms with Crippen molar-refractivity contribution in [3.05, 3.63) is 70.7 Å². The van der Waals surface area contributed by atoms with Crippen LogP contribution in [0, 0.1) is 0 Å². The Balaban J connectivity index is 1.96. The number of hydrogen-bond acceptors (Lipinski definition) is 2. The van der Waals surface area contributed by atoms with E-state index in [2.05, 4.69) is 10.9 Å². The summed E-state index contributed by atoms with van der Waals surface area (Å²) in [5, 5.41) is 0.552. The highest BCUT2D eigenvalue weighted by Crippen LogP contribution is 2.18. The zero-order chi connectivity index (χ0) is 15.9. The molecule has 0 aliphatic heterocycles. The van der Waals surface area contributed by atoms with Gasteiger partial charge < -0.3 is 0 Å². The molecule has 0 aromatic heterocycles. The number of hydrogen-bond donors (Lipinski definition) is 2. The van der Waals surface area contributed by atoms with E-state index in [4.69, 9.17) is 11.6 Å². The summed E-state index contributed by atoms with van der Waals surface area (Å²) in [4.78, 5) is 24.2. The van der Waals surface area contributed by atoms with Crippen LogP contribution in [0.25, 0.3) is 0 Å². The lowest BCUT2D eigenvalue weighted by Crippen LogP contribution is -2.43. The van der Waals surface area contributed by atoms with Gasteiger partial charge in [-0.3, -0.25) is 20.4 Å². The molecule has 0 saturated heterocycles. The fraction of sp³-hybridized carbons (Fsp3) is 0.176. The first kappa shape index (κ1) is 16.0. The van der Waals surface area contributed by atoms with Crippen molar-refractivity contribution >= 4 is 23.4 Å². The minimum atomic E-state index is -0.382. The third-order valence-electron chi connectivity index (χ3n) is 3.33. The number of nitrogens with one attached hydrogen (secondary N) is 2. The largest absolute Gasteiger partial charge is 0.273 e. The van der Waals surface area contributed by atoms with Gasteiger partial charge in [0.2, 0.25) is 5.91 Å². The van der Waals surface area contributed by atoms with Crippen LogP contribution in [0.15, 0.2) is 54.6 Å². The van der Waals surface area contributed by atoms with Gasteiger partial charge in [-0.15, -0.1) is 0 Å². The lowest BCUT2D eigenvalue weighted by molar-refractivity contribution is -0.123. The van der Waals surface area contributed by atoms with Crippen molar-refractivity contribution in [1.29, 1.82) is 0 Å². The summed E-state index contributed by atoms with van der Waals surface area (Å²) in [7, 11) is 0. The normalized spacial score (nSPS) is 11.5. The van der Waals surface area contributed by atoms with Crippen molar-refractivity contribution in [1.82, 2.24) is 10.9 Å². The molecule has 2 aromatic carbocycles. The molecule has 0 radical (unpaired) electrons. The molecule has 4 nitrogen and oxygen atoms in total. The number of rotatable bonds is 4. The summed E-state index contributed by atoms with van der Waals surface area (Å²) < 4.78 is 0. The molecule has 0 heterocycles. The maximum Gasteiger partial charge on any atom is 0.269 e. The molecule has 2 aromatic rings. The molecule has 0 aliphatic rings. The Labute approximate surface area is 134 Å². The second-order valence-corrected chi connectivity index (χ2v) is 5.26. The standard InChI is InChI=1S/C17H17ClN2O2/c1-2-15(12-6-4-3-5-7-12)17(22)20-19-16(21)13-8-10-14(18)11-9-13/h3-11,15H,2H2,1H3,(H,19,21)(H,20,22). The monoisotopic (exact) mass is 316 g/mol. The van der Waals surface area contributed by atoms with Gasteiger partial charge in [0.15, 0.2) is 0 Å². The van der Waals surface area contributed by atoms with E-state index in [1.807, 2.05) is 37.3 Å².